The first-order chi connectivity index (χ1) is 6.45. The van der Waals surface area contributed by atoms with Crippen molar-refractivity contribution in [2.45, 2.75) is 39.2 Å². The van der Waals surface area contributed by atoms with E-state index in [1.807, 2.05) is 0 Å². The second kappa shape index (κ2) is 6.62. The van der Waals surface area contributed by atoms with E-state index >= 15 is 0 Å². The van der Waals surface area contributed by atoms with E-state index in [-0.39, 0.29) is 0 Å². The van der Waals surface area contributed by atoms with E-state index in [2.05, 4.69) is 5.48 Å². The molecule has 0 fully saturated rings. The molecular formula is C9H20N2O3. The molecule has 5 heteroatoms. The predicted octanol–water partition coefficient (Wildman–Crippen LogP) is 1.18. The highest BCUT2D eigenvalue weighted by atomic mass is 16.7. The normalized spacial score (nSPS) is 11.1. The summed E-state index contributed by atoms with van der Waals surface area (Å²) in [5.41, 5.74) is 6.99. The quantitative estimate of drug-likeness (QED) is 0.521. The molecule has 5 nitrogen and oxygen atoms in total. The largest absolute Gasteiger partial charge is 0.442 e. The highest BCUT2D eigenvalue weighted by Crippen LogP contribution is 2.06. The number of rotatable bonds is 5. The first-order valence-corrected chi connectivity index (χ1v) is 4.76. The standard InChI is InChI=1S/C9H20N2O3/c1-9(2,3)14-8(12)11-13-7-5-4-6-10/h4-7,10H2,1-3H3,(H,11,12). The third-order valence-electron chi connectivity index (χ3n) is 1.25. The van der Waals surface area contributed by atoms with Gasteiger partial charge < -0.3 is 10.5 Å². The Morgan fingerprint density at radius 3 is 2.50 bits per heavy atom. The molecule has 0 spiro atoms. The zero-order valence-electron chi connectivity index (χ0n) is 9.13. The monoisotopic (exact) mass is 204 g/mol. The molecule has 0 radical (unpaired) electrons. The number of nitrogens with one attached hydrogen (secondary N) is 1. The molecule has 0 atom stereocenters. The Bertz CT molecular complexity index is 166. The van der Waals surface area contributed by atoms with Gasteiger partial charge in [-0.3, -0.25) is 4.84 Å². The lowest BCUT2D eigenvalue weighted by atomic mass is 10.2. The van der Waals surface area contributed by atoms with Crippen LogP contribution in [0.15, 0.2) is 0 Å². The maximum atomic E-state index is 11.0. The lowest BCUT2D eigenvalue weighted by Gasteiger charge is -2.19. The maximum Gasteiger partial charge on any atom is 0.431 e. The molecule has 0 rings (SSSR count). The highest BCUT2D eigenvalue weighted by molar-refractivity contribution is 5.66. The van der Waals surface area contributed by atoms with Gasteiger partial charge in [0.05, 0.1) is 6.61 Å². The summed E-state index contributed by atoms with van der Waals surface area (Å²) in [6.07, 6.45) is 1.15. The number of carbonyl (C=O) groups is 1. The van der Waals surface area contributed by atoms with Gasteiger partial charge in [0, 0.05) is 0 Å². The molecule has 3 N–H and O–H groups in total. The molecule has 0 aromatic rings. The van der Waals surface area contributed by atoms with Crippen molar-refractivity contribution in [2.75, 3.05) is 13.2 Å². The van der Waals surface area contributed by atoms with Crippen molar-refractivity contribution in [3.63, 3.8) is 0 Å². The van der Waals surface area contributed by atoms with Crippen LogP contribution in [0.5, 0.6) is 0 Å². The molecule has 0 heterocycles. The molecule has 0 unspecified atom stereocenters. The third kappa shape index (κ3) is 9.28. The van der Waals surface area contributed by atoms with Crippen LogP contribution >= 0.6 is 0 Å². The van der Waals surface area contributed by atoms with E-state index in [1.54, 1.807) is 20.8 Å². The molecule has 1 amide bonds. The number of unbranched alkanes of at least 4 members (excludes halogenated alkanes) is 1. The zero-order chi connectivity index (χ0) is 11.0. The number of hydrogen-bond acceptors (Lipinski definition) is 4. The minimum Gasteiger partial charge on any atom is -0.442 e. The van der Waals surface area contributed by atoms with E-state index in [4.69, 9.17) is 15.3 Å². The van der Waals surface area contributed by atoms with Gasteiger partial charge in [0.1, 0.15) is 5.60 Å². The summed E-state index contributed by atoms with van der Waals surface area (Å²) < 4.78 is 4.94. The zero-order valence-corrected chi connectivity index (χ0v) is 9.13. The first kappa shape index (κ1) is 13.2. The van der Waals surface area contributed by atoms with Crippen molar-refractivity contribution in [2.24, 2.45) is 5.73 Å². The number of hydroxylamine groups is 1. The van der Waals surface area contributed by atoms with Crippen LogP contribution in [-0.4, -0.2) is 24.8 Å². The summed E-state index contributed by atoms with van der Waals surface area (Å²) in [6.45, 7) is 6.47. The number of ether oxygens (including phenoxy) is 1. The molecule has 84 valence electrons. The van der Waals surface area contributed by atoms with Gasteiger partial charge in [-0.1, -0.05) is 0 Å². The topological polar surface area (TPSA) is 73.6 Å². The Morgan fingerprint density at radius 2 is 2.00 bits per heavy atom. The molecule has 14 heavy (non-hydrogen) atoms. The molecule has 0 aromatic heterocycles. The Kier molecular flexibility index (Phi) is 6.23. The Balaban J connectivity index is 3.36. The van der Waals surface area contributed by atoms with Gasteiger partial charge in [-0.2, -0.15) is 5.48 Å². The summed E-state index contributed by atoms with van der Waals surface area (Å²) in [7, 11) is 0. The van der Waals surface area contributed by atoms with Crippen molar-refractivity contribution in [1.82, 2.24) is 5.48 Å². The van der Waals surface area contributed by atoms with Crippen LogP contribution < -0.4 is 11.2 Å². The summed E-state index contributed by atoms with van der Waals surface area (Å²) in [5.74, 6) is 0. The number of amides is 1. The van der Waals surface area contributed by atoms with Crippen molar-refractivity contribution < 1.29 is 14.4 Å². The minimum absolute atomic E-state index is 0.455. The molecule has 0 aliphatic carbocycles. The van der Waals surface area contributed by atoms with E-state index in [9.17, 15) is 4.79 Å². The van der Waals surface area contributed by atoms with Gasteiger partial charge >= 0.3 is 6.09 Å². The Labute approximate surface area is 84.9 Å². The number of nitrogens with two attached hydrogens (primary N) is 1. The minimum atomic E-state index is -0.565. The van der Waals surface area contributed by atoms with E-state index < -0.39 is 11.7 Å². The third-order valence-corrected chi connectivity index (χ3v) is 1.25. The fourth-order valence-electron chi connectivity index (χ4n) is 0.727. The van der Waals surface area contributed by atoms with Gasteiger partial charge in [-0.25, -0.2) is 4.79 Å². The molecule has 0 bridgehead atoms. The molecule has 0 saturated heterocycles. The van der Waals surface area contributed by atoms with Gasteiger partial charge in [0.15, 0.2) is 0 Å². The second-order valence-electron chi connectivity index (χ2n) is 3.95. The fraction of sp³-hybridized carbons (Fsp3) is 0.889. The predicted molar refractivity (Wildman–Crippen MR) is 53.6 cm³/mol. The van der Waals surface area contributed by atoms with Gasteiger partial charge in [-0.15, -0.1) is 0 Å². The summed E-state index contributed by atoms with van der Waals surface area (Å²) in [6, 6.07) is 0. The van der Waals surface area contributed by atoms with Crippen molar-refractivity contribution >= 4 is 6.09 Å². The molecule has 0 aliphatic rings. The first-order valence-electron chi connectivity index (χ1n) is 4.76. The van der Waals surface area contributed by atoms with E-state index in [0.717, 1.165) is 12.8 Å². The van der Waals surface area contributed by atoms with Crippen LogP contribution in [0, 0.1) is 0 Å². The fourth-order valence-corrected chi connectivity index (χ4v) is 0.727. The SMILES string of the molecule is CC(C)(C)OC(=O)NOCCCCN. The van der Waals surface area contributed by atoms with Crippen molar-refractivity contribution in [1.29, 1.82) is 0 Å². The van der Waals surface area contributed by atoms with Crippen LogP contribution in [0.3, 0.4) is 0 Å². The van der Waals surface area contributed by atoms with Gasteiger partial charge in [0.25, 0.3) is 0 Å². The summed E-state index contributed by atoms with van der Waals surface area (Å²) in [5, 5.41) is 0. The van der Waals surface area contributed by atoms with E-state index in [1.165, 1.54) is 0 Å². The van der Waals surface area contributed by atoms with E-state index in [0.29, 0.717) is 13.2 Å². The van der Waals surface area contributed by atoms with Gasteiger partial charge in [-0.05, 0) is 40.2 Å². The lowest BCUT2D eigenvalue weighted by molar-refractivity contribution is -0.00841. The van der Waals surface area contributed by atoms with Crippen LogP contribution in [0.2, 0.25) is 0 Å². The van der Waals surface area contributed by atoms with Crippen molar-refractivity contribution in [3.05, 3.63) is 0 Å². The smallest absolute Gasteiger partial charge is 0.431 e. The van der Waals surface area contributed by atoms with Crippen LogP contribution in [0.25, 0.3) is 0 Å². The molecule has 0 aliphatic heterocycles. The van der Waals surface area contributed by atoms with Gasteiger partial charge in [0.2, 0.25) is 0 Å². The average Bonchev–Trinajstić information content (AvgIpc) is 2.00. The average molecular weight is 204 g/mol. The molecule has 0 saturated carbocycles. The Morgan fingerprint density at radius 1 is 1.36 bits per heavy atom. The van der Waals surface area contributed by atoms with Crippen LogP contribution in [0.4, 0.5) is 4.79 Å². The van der Waals surface area contributed by atoms with Crippen LogP contribution in [0.1, 0.15) is 33.6 Å². The number of hydrogen-bond donors (Lipinski definition) is 2. The lowest BCUT2D eigenvalue weighted by Crippen LogP contribution is -2.32. The highest BCUT2D eigenvalue weighted by Gasteiger charge is 2.15. The summed E-state index contributed by atoms with van der Waals surface area (Å²) in [4.78, 5) is 15.9. The second-order valence-corrected chi connectivity index (χ2v) is 3.95. The molecule has 0 aromatic carbocycles. The maximum absolute atomic E-state index is 11.0. The summed E-state index contributed by atoms with van der Waals surface area (Å²) >= 11 is 0. The molecular weight excluding hydrogens is 184 g/mol. The van der Waals surface area contributed by atoms with Crippen LogP contribution in [-0.2, 0) is 9.57 Å². The number of carbonyl (C=O) groups excluding carboxylic acids is 1. The Hall–Kier alpha value is -0.810. The van der Waals surface area contributed by atoms with Crippen molar-refractivity contribution in [3.8, 4) is 0 Å².